The van der Waals surface area contributed by atoms with Gasteiger partial charge in [0.1, 0.15) is 0 Å². The fourth-order valence-electron chi connectivity index (χ4n) is 1.42. The zero-order valence-corrected chi connectivity index (χ0v) is 12.7. The van der Waals surface area contributed by atoms with Crippen LogP contribution >= 0.6 is 0 Å². The Kier molecular flexibility index (Phi) is 5.79. The molecule has 0 aromatic heterocycles. The number of ether oxygens (including phenoxy) is 1. The van der Waals surface area contributed by atoms with Gasteiger partial charge in [-0.3, -0.25) is 4.79 Å². The highest BCUT2D eigenvalue weighted by atomic mass is 32.2. The summed E-state index contributed by atoms with van der Waals surface area (Å²) in [6, 6.07) is 5.91. The van der Waals surface area contributed by atoms with E-state index in [-0.39, 0.29) is 16.0 Å². The van der Waals surface area contributed by atoms with Crippen molar-refractivity contribution < 1.29 is 26.7 Å². The maximum absolute atomic E-state index is 12.4. The molecule has 0 radical (unpaired) electrons. The predicted octanol–water partition coefficient (Wildman–Crippen LogP) is 2.24. The lowest BCUT2D eigenvalue weighted by Gasteiger charge is -2.17. The van der Waals surface area contributed by atoms with E-state index in [1.54, 1.807) is 12.1 Å². The molecule has 118 valence electrons. The van der Waals surface area contributed by atoms with Gasteiger partial charge in [-0.05, 0) is 31.5 Å². The van der Waals surface area contributed by atoms with Crippen LogP contribution in [0, 0.1) is 0 Å². The molecular formula is C13H17F2NO4S. The molecule has 1 rings (SSSR count). The monoisotopic (exact) mass is 321 g/mol. The Morgan fingerprint density at radius 3 is 2.19 bits per heavy atom. The average molecular weight is 321 g/mol. The number of alkyl halides is 2. The quantitative estimate of drug-likeness (QED) is 0.806. The van der Waals surface area contributed by atoms with Gasteiger partial charge in [0.2, 0.25) is 0 Å². The van der Waals surface area contributed by atoms with Gasteiger partial charge < -0.3 is 4.74 Å². The zero-order chi connectivity index (χ0) is 16.2. The van der Waals surface area contributed by atoms with E-state index in [0.717, 1.165) is 12.6 Å². The van der Waals surface area contributed by atoms with Crippen molar-refractivity contribution >= 4 is 15.9 Å². The molecule has 0 atom stereocenters. The van der Waals surface area contributed by atoms with E-state index in [0.29, 0.717) is 6.61 Å². The Hall–Kier alpha value is -1.54. The lowest BCUT2D eigenvalue weighted by molar-refractivity contribution is 0.0656. The molecule has 5 nitrogen and oxygen atoms in total. The molecule has 0 unspecified atom stereocenters. The van der Waals surface area contributed by atoms with Gasteiger partial charge in [0.15, 0.2) is 0 Å². The minimum Gasteiger partial charge on any atom is -0.374 e. The summed E-state index contributed by atoms with van der Waals surface area (Å²) in [6.45, 7) is 4.10. The fraction of sp³-hybridized carbons (Fsp3) is 0.462. The number of carbonyl (C=O) groups excluding carboxylic acids is 1. The van der Waals surface area contributed by atoms with Crippen molar-refractivity contribution in [2.45, 2.75) is 32.3 Å². The molecule has 0 aliphatic rings. The van der Waals surface area contributed by atoms with Crippen LogP contribution in [-0.2, 0) is 21.4 Å². The molecule has 1 amide bonds. The summed E-state index contributed by atoms with van der Waals surface area (Å²) >= 11 is 0. The van der Waals surface area contributed by atoms with Gasteiger partial charge in [0.05, 0.1) is 12.7 Å². The summed E-state index contributed by atoms with van der Waals surface area (Å²) in [5.74, 6) is -4.64. The van der Waals surface area contributed by atoms with Gasteiger partial charge in [-0.15, -0.1) is 0 Å². The summed E-state index contributed by atoms with van der Waals surface area (Å²) in [4.78, 5) is 11.9. The van der Waals surface area contributed by atoms with Gasteiger partial charge in [0, 0.05) is 12.6 Å². The smallest absolute Gasteiger partial charge is 0.355 e. The van der Waals surface area contributed by atoms with E-state index < -0.39 is 21.7 Å². The molecule has 0 fully saturated rings. The molecule has 21 heavy (non-hydrogen) atoms. The number of nitrogens with zero attached hydrogens (tertiary/aromatic N) is 1. The molecule has 1 aromatic rings. The first-order valence-electron chi connectivity index (χ1n) is 6.17. The number of hydrogen-bond donors (Lipinski definition) is 0. The largest absolute Gasteiger partial charge is 0.374 e. The number of amides is 1. The minimum atomic E-state index is -4.93. The lowest BCUT2D eigenvalue weighted by Crippen LogP contribution is -2.37. The molecule has 0 heterocycles. The zero-order valence-electron chi connectivity index (χ0n) is 11.9. The van der Waals surface area contributed by atoms with E-state index in [1.165, 1.54) is 12.1 Å². The molecule has 1 aromatic carbocycles. The highest BCUT2D eigenvalue weighted by molar-refractivity contribution is 7.89. The fourth-order valence-corrected chi connectivity index (χ4v) is 2.00. The van der Waals surface area contributed by atoms with E-state index in [2.05, 4.69) is 0 Å². The van der Waals surface area contributed by atoms with Crippen LogP contribution in [0.1, 0.15) is 29.8 Å². The average Bonchev–Trinajstić information content (AvgIpc) is 2.43. The number of rotatable bonds is 6. The molecular weight excluding hydrogens is 304 g/mol. The van der Waals surface area contributed by atoms with E-state index in [9.17, 15) is 22.0 Å². The number of benzene rings is 1. The molecule has 0 aliphatic carbocycles. The molecule has 0 N–H and O–H groups in total. The van der Waals surface area contributed by atoms with Crippen LogP contribution in [0.2, 0.25) is 0 Å². The number of sulfonamides is 1. The third kappa shape index (κ3) is 4.47. The van der Waals surface area contributed by atoms with Crippen LogP contribution in [0.15, 0.2) is 24.3 Å². The molecule has 8 heteroatoms. The first-order chi connectivity index (χ1) is 9.66. The molecule has 0 aliphatic heterocycles. The van der Waals surface area contributed by atoms with Crippen molar-refractivity contribution in [3.05, 3.63) is 35.4 Å². The van der Waals surface area contributed by atoms with E-state index in [4.69, 9.17) is 4.74 Å². The maximum Gasteiger partial charge on any atom is 0.355 e. The summed E-state index contributed by atoms with van der Waals surface area (Å²) < 4.78 is 52.6. The second kappa shape index (κ2) is 6.95. The van der Waals surface area contributed by atoms with Crippen LogP contribution in [0.25, 0.3) is 0 Å². The van der Waals surface area contributed by atoms with Gasteiger partial charge in [-0.2, -0.15) is 8.78 Å². The third-order valence-electron chi connectivity index (χ3n) is 2.68. The summed E-state index contributed by atoms with van der Waals surface area (Å²) in [7, 11) is -4.12. The van der Waals surface area contributed by atoms with Gasteiger partial charge >= 0.3 is 5.76 Å². The van der Waals surface area contributed by atoms with Crippen molar-refractivity contribution in [3.63, 3.8) is 0 Å². The van der Waals surface area contributed by atoms with Crippen molar-refractivity contribution in [2.24, 2.45) is 0 Å². The third-order valence-corrected chi connectivity index (χ3v) is 4.06. The normalized spacial score (nSPS) is 12.0. The van der Waals surface area contributed by atoms with Gasteiger partial charge in [-0.1, -0.05) is 12.1 Å². The maximum atomic E-state index is 12.4. The standard InChI is InChI=1S/C13H17F2NO4S/c1-9(2)20-8-10-4-6-11(7-5-10)12(17)16(3)21(18,19)13(14)15/h4-7,9,13H,8H2,1-3H3. The van der Waals surface area contributed by atoms with Crippen molar-refractivity contribution in [3.8, 4) is 0 Å². The SMILES string of the molecule is CC(C)OCc1ccc(C(=O)N(C)S(=O)(=O)C(F)F)cc1. The Morgan fingerprint density at radius 2 is 1.76 bits per heavy atom. The highest BCUT2D eigenvalue weighted by Crippen LogP contribution is 2.15. The minimum absolute atomic E-state index is 0.00928. The van der Waals surface area contributed by atoms with E-state index in [1.807, 2.05) is 13.8 Å². The van der Waals surface area contributed by atoms with Crippen molar-refractivity contribution in [2.75, 3.05) is 7.05 Å². The Bertz CT molecular complexity index is 585. The topological polar surface area (TPSA) is 63.7 Å². The highest BCUT2D eigenvalue weighted by Gasteiger charge is 2.33. The van der Waals surface area contributed by atoms with Gasteiger partial charge in [0.25, 0.3) is 15.9 Å². The van der Waals surface area contributed by atoms with E-state index >= 15 is 0 Å². The Labute approximate surface area is 122 Å². The first kappa shape index (κ1) is 17.5. The Morgan fingerprint density at radius 1 is 1.24 bits per heavy atom. The van der Waals surface area contributed by atoms with Crippen LogP contribution in [-0.4, -0.2) is 37.5 Å². The van der Waals surface area contributed by atoms with Crippen LogP contribution in [0.5, 0.6) is 0 Å². The first-order valence-corrected chi connectivity index (χ1v) is 7.67. The molecule has 0 bridgehead atoms. The molecule has 0 spiro atoms. The molecule has 0 saturated heterocycles. The van der Waals surface area contributed by atoms with Crippen molar-refractivity contribution in [1.82, 2.24) is 4.31 Å². The number of halogens is 2. The Balaban J connectivity index is 2.85. The van der Waals surface area contributed by atoms with Crippen LogP contribution < -0.4 is 0 Å². The lowest BCUT2D eigenvalue weighted by atomic mass is 10.1. The molecule has 0 saturated carbocycles. The number of hydrogen-bond acceptors (Lipinski definition) is 4. The van der Waals surface area contributed by atoms with Crippen molar-refractivity contribution in [1.29, 1.82) is 0 Å². The van der Waals surface area contributed by atoms with Crippen LogP contribution in [0.4, 0.5) is 8.78 Å². The number of carbonyl (C=O) groups is 1. The second-order valence-electron chi connectivity index (χ2n) is 4.63. The van der Waals surface area contributed by atoms with Crippen LogP contribution in [0.3, 0.4) is 0 Å². The summed E-state index contributed by atoms with van der Waals surface area (Å²) in [6.07, 6.45) is 0.0497. The second-order valence-corrected chi connectivity index (χ2v) is 6.57. The predicted molar refractivity (Wildman–Crippen MR) is 73.4 cm³/mol. The summed E-state index contributed by atoms with van der Waals surface area (Å²) in [5, 5.41) is 0. The summed E-state index contributed by atoms with van der Waals surface area (Å²) in [5.41, 5.74) is 0.801. The van der Waals surface area contributed by atoms with Gasteiger partial charge in [-0.25, -0.2) is 12.7 Å².